The number of ether oxygens (including phenoxy) is 1. The highest BCUT2D eigenvalue weighted by Gasteiger charge is 2.52. The van der Waals surface area contributed by atoms with E-state index in [2.05, 4.69) is 10.3 Å². The van der Waals surface area contributed by atoms with Gasteiger partial charge in [0.1, 0.15) is 5.82 Å². The van der Waals surface area contributed by atoms with Crippen LogP contribution in [0.1, 0.15) is 33.3 Å². The molecule has 7 heteroatoms. The van der Waals surface area contributed by atoms with E-state index in [0.717, 1.165) is 11.7 Å². The van der Waals surface area contributed by atoms with Crippen LogP contribution in [-0.2, 0) is 9.31 Å². The van der Waals surface area contributed by atoms with Crippen LogP contribution in [0.25, 0.3) is 6.08 Å². The zero-order chi connectivity index (χ0) is 17.3. The largest absolute Gasteiger partial charge is 0.491 e. The molecule has 5 nitrogen and oxygen atoms in total. The molecule has 23 heavy (non-hydrogen) atoms. The lowest BCUT2D eigenvalue weighted by atomic mass is 9.77. The Morgan fingerprint density at radius 3 is 2.48 bits per heavy atom. The van der Waals surface area contributed by atoms with Gasteiger partial charge >= 0.3 is 7.12 Å². The molecule has 0 unspecified atom stereocenters. The Morgan fingerprint density at radius 1 is 1.35 bits per heavy atom. The summed E-state index contributed by atoms with van der Waals surface area (Å²) >= 11 is 0. The number of nitrogens with zero attached hydrogens (tertiary/aromatic N) is 1. The van der Waals surface area contributed by atoms with Crippen molar-refractivity contribution in [2.45, 2.75) is 38.9 Å². The molecule has 0 radical (unpaired) electrons. The molecule has 1 fully saturated rings. The summed E-state index contributed by atoms with van der Waals surface area (Å²) in [5.41, 5.74) is 0.521. The molecular weight excluding hydrogens is 298 g/mol. The van der Waals surface area contributed by atoms with Crippen molar-refractivity contribution in [2.24, 2.45) is 0 Å². The van der Waals surface area contributed by atoms with Crippen molar-refractivity contribution in [3.8, 4) is 5.88 Å². The maximum atomic E-state index is 13.5. The second-order valence-electron chi connectivity index (χ2n) is 6.59. The lowest BCUT2D eigenvalue weighted by Crippen LogP contribution is -2.41. The molecule has 1 aromatic heterocycles. The minimum absolute atomic E-state index is 0.358. The lowest BCUT2D eigenvalue weighted by molar-refractivity contribution is 0.00578. The molecule has 0 saturated carbocycles. The molecule has 0 bridgehead atoms. The van der Waals surface area contributed by atoms with Gasteiger partial charge in [-0.2, -0.15) is 0 Å². The molecule has 0 aromatic carbocycles. The third kappa shape index (κ3) is 3.73. The molecule has 2 heterocycles. The highest BCUT2D eigenvalue weighted by molar-refractivity contribution is 6.56. The van der Waals surface area contributed by atoms with Crippen molar-refractivity contribution in [3.05, 3.63) is 29.1 Å². The van der Waals surface area contributed by atoms with Crippen LogP contribution < -0.4 is 10.1 Å². The fraction of sp³-hybridized carbons (Fsp3) is 0.562. The number of halogens is 1. The van der Waals surface area contributed by atoms with Crippen molar-refractivity contribution in [3.63, 3.8) is 0 Å². The van der Waals surface area contributed by atoms with Crippen LogP contribution in [0.4, 0.5) is 4.39 Å². The standard InChI is InChI=1S/C16H24BFN2O3/c1-15(2)16(3,4)23-17(22-15)12(9-19-5)7-11-8-13(18)10-20-14(11)21-6/h7-8,10,19H,9H2,1-6H3. The fourth-order valence-electron chi connectivity index (χ4n) is 2.32. The van der Waals surface area contributed by atoms with Gasteiger partial charge in [-0.15, -0.1) is 0 Å². The van der Waals surface area contributed by atoms with Crippen molar-refractivity contribution in [1.29, 1.82) is 0 Å². The minimum Gasteiger partial charge on any atom is -0.481 e. The van der Waals surface area contributed by atoms with E-state index in [4.69, 9.17) is 14.0 Å². The van der Waals surface area contributed by atoms with Crippen LogP contribution in [0.5, 0.6) is 5.88 Å². The topological polar surface area (TPSA) is 52.6 Å². The van der Waals surface area contributed by atoms with Crippen molar-refractivity contribution >= 4 is 13.2 Å². The van der Waals surface area contributed by atoms with Crippen LogP contribution in [0, 0.1) is 5.82 Å². The van der Waals surface area contributed by atoms with Gasteiger partial charge in [0.05, 0.1) is 24.5 Å². The molecule has 0 spiro atoms. The maximum Gasteiger partial charge on any atom is 0.491 e. The summed E-state index contributed by atoms with van der Waals surface area (Å²) in [6, 6.07) is 1.38. The van der Waals surface area contributed by atoms with Crippen LogP contribution in [0.3, 0.4) is 0 Å². The number of nitrogens with one attached hydrogen (secondary N) is 1. The van der Waals surface area contributed by atoms with E-state index in [1.54, 1.807) is 6.08 Å². The van der Waals surface area contributed by atoms with Gasteiger partial charge in [-0.05, 0) is 46.3 Å². The first-order valence-corrected chi connectivity index (χ1v) is 7.60. The Balaban J connectivity index is 2.38. The average Bonchev–Trinajstić information content (AvgIpc) is 2.67. The number of hydrogen-bond donors (Lipinski definition) is 1. The molecular formula is C16H24BFN2O3. The van der Waals surface area contributed by atoms with E-state index in [0.29, 0.717) is 18.0 Å². The quantitative estimate of drug-likeness (QED) is 0.844. The van der Waals surface area contributed by atoms with E-state index in [1.807, 2.05) is 34.7 Å². The highest BCUT2D eigenvalue weighted by Crippen LogP contribution is 2.39. The predicted octanol–water partition coefficient (Wildman–Crippen LogP) is 2.46. The predicted molar refractivity (Wildman–Crippen MR) is 88.7 cm³/mol. The van der Waals surface area contributed by atoms with E-state index in [1.165, 1.54) is 13.2 Å². The first-order valence-electron chi connectivity index (χ1n) is 7.60. The Bertz CT molecular complexity index is 589. The first-order chi connectivity index (χ1) is 10.7. The summed E-state index contributed by atoms with van der Waals surface area (Å²) in [7, 11) is 2.82. The molecule has 1 saturated heterocycles. The number of aromatic nitrogens is 1. The van der Waals surface area contributed by atoms with Crippen LogP contribution in [-0.4, -0.2) is 44.0 Å². The molecule has 126 valence electrons. The fourth-order valence-corrected chi connectivity index (χ4v) is 2.32. The molecule has 0 aliphatic carbocycles. The number of likely N-dealkylation sites (N-methyl/N-ethyl adjacent to an activating group) is 1. The van der Waals surface area contributed by atoms with E-state index >= 15 is 0 Å². The second-order valence-corrected chi connectivity index (χ2v) is 6.59. The van der Waals surface area contributed by atoms with E-state index in [9.17, 15) is 4.39 Å². The van der Waals surface area contributed by atoms with Gasteiger partial charge in [0, 0.05) is 12.1 Å². The summed E-state index contributed by atoms with van der Waals surface area (Å²) in [5, 5.41) is 3.09. The lowest BCUT2D eigenvalue weighted by Gasteiger charge is -2.32. The van der Waals surface area contributed by atoms with Crippen molar-refractivity contribution < 1.29 is 18.4 Å². The SMILES string of the molecule is CNCC(=Cc1cc(F)cnc1OC)B1OC(C)(C)C(C)(C)O1. The van der Waals surface area contributed by atoms with Crippen molar-refractivity contribution in [1.82, 2.24) is 10.3 Å². The van der Waals surface area contributed by atoms with Gasteiger partial charge in [0.25, 0.3) is 0 Å². The highest BCUT2D eigenvalue weighted by atomic mass is 19.1. The summed E-state index contributed by atoms with van der Waals surface area (Å²) in [6.45, 7) is 8.52. The normalized spacial score (nSPS) is 20.0. The zero-order valence-electron chi connectivity index (χ0n) is 14.6. The summed E-state index contributed by atoms with van der Waals surface area (Å²) < 4.78 is 30.9. The first kappa shape index (κ1) is 17.9. The minimum atomic E-state index is -0.513. The van der Waals surface area contributed by atoms with Gasteiger partial charge in [0.2, 0.25) is 5.88 Å². The van der Waals surface area contributed by atoms with Gasteiger partial charge in [-0.1, -0.05) is 6.08 Å². The summed E-state index contributed by atoms with van der Waals surface area (Å²) in [4.78, 5) is 3.95. The molecule has 0 amide bonds. The zero-order valence-corrected chi connectivity index (χ0v) is 14.6. The van der Waals surface area contributed by atoms with Gasteiger partial charge in [-0.25, -0.2) is 9.37 Å². The van der Waals surface area contributed by atoms with Crippen molar-refractivity contribution in [2.75, 3.05) is 20.7 Å². The summed E-state index contributed by atoms with van der Waals surface area (Å²) in [5.74, 6) is -0.0636. The maximum absolute atomic E-state index is 13.5. The smallest absolute Gasteiger partial charge is 0.481 e. The number of rotatable bonds is 5. The van der Waals surface area contributed by atoms with Gasteiger partial charge in [-0.3, -0.25) is 0 Å². The van der Waals surface area contributed by atoms with Crippen LogP contribution >= 0.6 is 0 Å². The van der Waals surface area contributed by atoms with E-state index < -0.39 is 24.1 Å². The Hall–Kier alpha value is -1.44. The van der Waals surface area contributed by atoms with Crippen LogP contribution in [0.2, 0.25) is 0 Å². The third-order valence-corrected chi connectivity index (χ3v) is 4.32. The summed E-state index contributed by atoms with van der Waals surface area (Å²) in [6.07, 6.45) is 2.93. The molecule has 1 aliphatic rings. The van der Waals surface area contributed by atoms with Gasteiger partial charge < -0.3 is 19.4 Å². The second kappa shape index (κ2) is 6.59. The third-order valence-electron chi connectivity index (χ3n) is 4.32. The Morgan fingerprint density at radius 2 is 1.96 bits per heavy atom. The van der Waals surface area contributed by atoms with E-state index in [-0.39, 0.29) is 0 Å². The molecule has 1 aromatic rings. The average molecular weight is 322 g/mol. The van der Waals surface area contributed by atoms with Crippen LogP contribution in [0.15, 0.2) is 17.7 Å². The molecule has 2 rings (SSSR count). The molecule has 1 aliphatic heterocycles. The van der Waals surface area contributed by atoms with Gasteiger partial charge in [0.15, 0.2) is 0 Å². The number of pyridine rings is 1. The molecule has 1 N–H and O–H groups in total. The Kier molecular flexibility index (Phi) is 5.13. The number of hydrogen-bond acceptors (Lipinski definition) is 5. The number of methoxy groups -OCH3 is 1. The monoisotopic (exact) mass is 322 g/mol. The Labute approximate surface area is 137 Å². The molecule has 0 atom stereocenters.